The highest BCUT2D eigenvalue weighted by Crippen LogP contribution is 2.10. The number of hydrogen-bond acceptors (Lipinski definition) is 1. The molecule has 0 radical (unpaired) electrons. The number of nitrogens with one attached hydrogen (secondary N) is 1. The Kier molecular flexibility index (Phi) is 6.33. The van der Waals surface area contributed by atoms with Crippen LogP contribution in [0.3, 0.4) is 0 Å². The lowest BCUT2D eigenvalue weighted by atomic mass is 10.1. The van der Waals surface area contributed by atoms with Crippen molar-refractivity contribution in [1.82, 2.24) is 5.32 Å². The van der Waals surface area contributed by atoms with Crippen molar-refractivity contribution in [1.29, 1.82) is 0 Å². The Morgan fingerprint density at radius 1 is 1.22 bits per heavy atom. The van der Waals surface area contributed by atoms with Gasteiger partial charge in [0.05, 0.1) is 6.42 Å². The van der Waals surface area contributed by atoms with Gasteiger partial charge in [0, 0.05) is 12.6 Å². The minimum absolute atomic E-state index is 0.0418. The zero-order valence-electron chi connectivity index (χ0n) is 10.6. The molecule has 0 aliphatic carbocycles. The predicted molar refractivity (Wildman–Crippen MR) is 67.2 cm³/mol. The van der Waals surface area contributed by atoms with E-state index < -0.39 is 11.6 Å². The van der Waals surface area contributed by atoms with Gasteiger partial charge in [-0.3, -0.25) is 4.79 Å². The molecule has 2 nitrogen and oxygen atoms in total. The van der Waals surface area contributed by atoms with E-state index in [4.69, 9.17) is 0 Å². The van der Waals surface area contributed by atoms with Crippen LogP contribution in [0.2, 0.25) is 0 Å². The maximum atomic E-state index is 13.3. The van der Waals surface area contributed by atoms with E-state index >= 15 is 0 Å². The van der Waals surface area contributed by atoms with Gasteiger partial charge in [0.2, 0.25) is 5.91 Å². The first-order chi connectivity index (χ1) is 8.63. The molecule has 100 valence electrons. The lowest BCUT2D eigenvalue weighted by Crippen LogP contribution is -2.26. The molecule has 0 saturated heterocycles. The summed E-state index contributed by atoms with van der Waals surface area (Å²) in [6, 6.07) is 3.26. The van der Waals surface area contributed by atoms with Gasteiger partial charge in [-0.1, -0.05) is 32.3 Å². The van der Waals surface area contributed by atoms with Crippen LogP contribution in [0.5, 0.6) is 0 Å². The molecule has 1 aromatic rings. The summed E-state index contributed by atoms with van der Waals surface area (Å²) < 4.78 is 25.9. The number of carbonyl (C=O) groups is 1. The Morgan fingerprint density at radius 3 is 2.67 bits per heavy atom. The number of benzene rings is 1. The average molecular weight is 255 g/mol. The molecule has 0 atom stereocenters. The maximum Gasteiger partial charge on any atom is 0.224 e. The summed E-state index contributed by atoms with van der Waals surface area (Å²) in [5.41, 5.74) is 0.224. The molecule has 1 aromatic carbocycles. The van der Waals surface area contributed by atoms with Crippen LogP contribution in [-0.2, 0) is 11.2 Å². The number of unbranched alkanes of at least 4 members (excludes halogenated alkanes) is 3. The van der Waals surface area contributed by atoms with E-state index in [1.54, 1.807) is 0 Å². The number of halogens is 2. The summed E-state index contributed by atoms with van der Waals surface area (Å²) in [7, 11) is 0. The molecule has 0 saturated carbocycles. The molecule has 0 bridgehead atoms. The molecule has 4 heteroatoms. The molecule has 0 unspecified atom stereocenters. The normalized spacial score (nSPS) is 10.4. The minimum Gasteiger partial charge on any atom is -0.356 e. The van der Waals surface area contributed by atoms with Gasteiger partial charge in [-0.25, -0.2) is 8.78 Å². The van der Waals surface area contributed by atoms with Gasteiger partial charge in [0.15, 0.2) is 0 Å². The second-order valence-corrected chi connectivity index (χ2v) is 4.32. The summed E-state index contributed by atoms with van der Waals surface area (Å²) in [5.74, 6) is -1.52. The van der Waals surface area contributed by atoms with Crippen LogP contribution >= 0.6 is 0 Å². The Hall–Kier alpha value is -1.45. The minimum atomic E-state index is -0.670. The maximum absolute atomic E-state index is 13.3. The van der Waals surface area contributed by atoms with Crippen LogP contribution in [0.4, 0.5) is 8.78 Å². The van der Waals surface area contributed by atoms with Crippen molar-refractivity contribution < 1.29 is 13.6 Å². The highest BCUT2D eigenvalue weighted by Gasteiger charge is 2.08. The van der Waals surface area contributed by atoms with E-state index in [9.17, 15) is 13.6 Å². The highest BCUT2D eigenvalue weighted by atomic mass is 19.1. The van der Waals surface area contributed by atoms with Crippen LogP contribution in [0, 0.1) is 11.6 Å². The van der Waals surface area contributed by atoms with Gasteiger partial charge in [-0.05, 0) is 18.1 Å². The lowest BCUT2D eigenvalue weighted by Gasteiger charge is -2.06. The summed E-state index contributed by atoms with van der Waals surface area (Å²) in [6.07, 6.45) is 4.28. The van der Waals surface area contributed by atoms with Gasteiger partial charge in [0.25, 0.3) is 0 Å². The molecule has 0 aromatic heterocycles. The number of carbonyl (C=O) groups excluding carboxylic acids is 1. The topological polar surface area (TPSA) is 29.1 Å². The zero-order valence-corrected chi connectivity index (χ0v) is 10.6. The number of amides is 1. The van der Waals surface area contributed by atoms with Crippen LogP contribution in [0.25, 0.3) is 0 Å². The molecule has 0 fully saturated rings. The van der Waals surface area contributed by atoms with Gasteiger partial charge in [-0.2, -0.15) is 0 Å². The third-order valence-corrected chi connectivity index (χ3v) is 2.72. The Morgan fingerprint density at radius 2 is 2.00 bits per heavy atom. The fourth-order valence-electron chi connectivity index (χ4n) is 1.68. The second kappa shape index (κ2) is 7.80. The summed E-state index contributed by atoms with van der Waals surface area (Å²) in [6.45, 7) is 2.73. The number of rotatable bonds is 7. The molecular formula is C14H19F2NO. The van der Waals surface area contributed by atoms with Crippen molar-refractivity contribution in [3.8, 4) is 0 Å². The van der Waals surface area contributed by atoms with Crippen molar-refractivity contribution in [2.45, 2.75) is 39.0 Å². The fourth-order valence-corrected chi connectivity index (χ4v) is 1.68. The Balaban J connectivity index is 2.31. The predicted octanol–water partition coefficient (Wildman–Crippen LogP) is 3.20. The van der Waals surface area contributed by atoms with Crippen molar-refractivity contribution in [2.24, 2.45) is 0 Å². The molecule has 0 heterocycles. The van der Waals surface area contributed by atoms with Crippen molar-refractivity contribution >= 4 is 5.91 Å². The SMILES string of the molecule is CCCCCCNC(=O)Cc1ccc(F)cc1F. The van der Waals surface area contributed by atoms with Crippen LogP contribution < -0.4 is 5.32 Å². The lowest BCUT2D eigenvalue weighted by molar-refractivity contribution is -0.120. The van der Waals surface area contributed by atoms with Crippen LogP contribution in [0.1, 0.15) is 38.2 Å². The summed E-state index contributed by atoms with van der Waals surface area (Å²) in [4.78, 5) is 11.5. The van der Waals surface area contributed by atoms with E-state index in [1.165, 1.54) is 6.07 Å². The molecule has 18 heavy (non-hydrogen) atoms. The number of hydrogen-bond donors (Lipinski definition) is 1. The monoisotopic (exact) mass is 255 g/mol. The average Bonchev–Trinajstić information content (AvgIpc) is 2.32. The van der Waals surface area contributed by atoms with Crippen LogP contribution in [-0.4, -0.2) is 12.5 Å². The van der Waals surface area contributed by atoms with E-state index in [1.807, 2.05) is 0 Å². The molecule has 1 N–H and O–H groups in total. The fraction of sp³-hybridized carbons (Fsp3) is 0.500. The second-order valence-electron chi connectivity index (χ2n) is 4.32. The van der Waals surface area contributed by atoms with E-state index in [-0.39, 0.29) is 17.9 Å². The third-order valence-electron chi connectivity index (χ3n) is 2.72. The molecular weight excluding hydrogens is 236 g/mol. The highest BCUT2D eigenvalue weighted by molar-refractivity contribution is 5.78. The Bertz CT molecular complexity index is 393. The van der Waals surface area contributed by atoms with Crippen molar-refractivity contribution in [2.75, 3.05) is 6.54 Å². The Labute approximate surface area is 106 Å². The van der Waals surface area contributed by atoms with Crippen molar-refractivity contribution in [3.63, 3.8) is 0 Å². The first-order valence-electron chi connectivity index (χ1n) is 6.34. The van der Waals surface area contributed by atoms with E-state index in [0.717, 1.165) is 37.8 Å². The van der Waals surface area contributed by atoms with Crippen LogP contribution in [0.15, 0.2) is 18.2 Å². The molecule has 0 spiro atoms. The largest absolute Gasteiger partial charge is 0.356 e. The molecule has 1 amide bonds. The van der Waals surface area contributed by atoms with E-state index in [0.29, 0.717) is 6.54 Å². The quantitative estimate of drug-likeness (QED) is 0.745. The standard InChI is InChI=1S/C14H19F2NO/c1-2-3-4-5-8-17-14(18)9-11-6-7-12(15)10-13(11)16/h6-7,10H,2-5,8-9H2,1H3,(H,17,18). The zero-order chi connectivity index (χ0) is 13.4. The van der Waals surface area contributed by atoms with Gasteiger partial charge in [-0.15, -0.1) is 0 Å². The molecule has 0 aliphatic rings. The van der Waals surface area contributed by atoms with Gasteiger partial charge in [0.1, 0.15) is 11.6 Å². The van der Waals surface area contributed by atoms with E-state index in [2.05, 4.69) is 12.2 Å². The molecule has 1 rings (SSSR count). The first-order valence-corrected chi connectivity index (χ1v) is 6.34. The van der Waals surface area contributed by atoms with Crippen molar-refractivity contribution in [3.05, 3.63) is 35.4 Å². The van der Waals surface area contributed by atoms with Gasteiger partial charge >= 0.3 is 0 Å². The smallest absolute Gasteiger partial charge is 0.224 e. The first kappa shape index (κ1) is 14.6. The molecule has 0 aliphatic heterocycles. The summed E-state index contributed by atoms with van der Waals surface area (Å²) >= 11 is 0. The summed E-state index contributed by atoms with van der Waals surface area (Å²) in [5, 5.41) is 2.73. The van der Waals surface area contributed by atoms with Gasteiger partial charge < -0.3 is 5.32 Å². The third kappa shape index (κ3) is 5.25.